The van der Waals surface area contributed by atoms with Crippen molar-refractivity contribution >= 4 is 0 Å². The van der Waals surface area contributed by atoms with Crippen LogP contribution in [-0.4, -0.2) is 60.0 Å². The molecule has 6 heteroatoms. The molecule has 0 fully saturated rings. The third kappa shape index (κ3) is 4.82. The van der Waals surface area contributed by atoms with Gasteiger partial charge in [-0.05, 0) is 74.8 Å². The predicted octanol–water partition coefficient (Wildman–Crippen LogP) is 3.59. The predicted molar refractivity (Wildman–Crippen MR) is 119 cm³/mol. The summed E-state index contributed by atoms with van der Waals surface area (Å²) in [6.45, 7) is 4.53. The number of ether oxygens (including phenoxy) is 4. The number of benzene rings is 2. The lowest BCUT2D eigenvalue weighted by Crippen LogP contribution is -2.31. The molecule has 0 aromatic heterocycles. The van der Waals surface area contributed by atoms with Crippen LogP contribution < -0.4 is 24.3 Å². The van der Waals surface area contributed by atoms with Crippen molar-refractivity contribution in [3.05, 3.63) is 46.5 Å². The van der Waals surface area contributed by atoms with Crippen LogP contribution in [0.1, 0.15) is 34.7 Å². The zero-order chi connectivity index (χ0) is 21.7. The van der Waals surface area contributed by atoms with Gasteiger partial charge in [0.1, 0.15) is 11.5 Å². The number of aryl methyl sites for hydroxylation is 1. The summed E-state index contributed by atoms with van der Waals surface area (Å²) >= 11 is 0. The molecular formula is C24H34N2O4. The average molecular weight is 415 g/mol. The lowest BCUT2D eigenvalue weighted by molar-refractivity contribution is 0.267. The van der Waals surface area contributed by atoms with E-state index < -0.39 is 0 Å². The molecule has 2 aromatic rings. The Morgan fingerprint density at radius 1 is 0.900 bits per heavy atom. The van der Waals surface area contributed by atoms with Gasteiger partial charge in [-0.15, -0.1) is 0 Å². The first-order chi connectivity index (χ1) is 14.5. The Labute approximate surface area is 180 Å². The second-order valence-corrected chi connectivity index (χ2v) is 7.91. The molecule has 1 aliphatic rings. The lowest BCUT2D eigenvalue weighted by atomic mass is 9.88. The fraction of sp³-hybridized carbons (Fsp3) is 0.500. The molecule has 0 saturated heterocycles. The highest BCUT2D eigenvalue weighted by molar-refractivity contribution is 5.55. The van der Waals surface area contributed by atoms with Crippen molar-refractivity contribution in [2.75, 3.05) is 55.1 Å². The zero-order valence-electron chi connectivity index (χ0n) is 19.0. The van der Waals surface area contributed by atoms with Crippen LogP contribution >= 0.6 is 0 Å². The van der Waals surface area contributed by atoms with Crippen LogP contribution in [0, 0.1) is 6.92 Å². The highest BCUT2D eigenvalue weighted by Crippen LogP contribution is 2.41. The largest absolute Gasteiger partial charge is 0.496 e. The molecule has 0 spiro atoms. The smallest absolute Gasteiger partial charge is 0.161 e. The van der Waals surface area contributed by atoms with Crippen molar-refractivity contribution in [1.29, 1.82) is 0 Å². The Hall–Kier alpha value is -2.44. The molecule has 1 aliphatic heterocycles. The van der Waals surface area contributed by atoms with Crippen molar-refractivity contribution in [3.8, 4) is 23.0 Å². The van der Waals surface area contributed by atoms with Gasteiger partial charge in [0, 0.05) is 18.7 Å². The first-order valence-corrected chi connectivity index (χ1v) is 10.4. The van der Waals surface area contributed by atoms with E-state index in [9.17, 15) is 0 Å². The first kappa shape index (κ1) is 22.2. The fourth-order valence-corrected chi connectivity index (χ4v) is 3.98. The highest BCUT2D eigenvalue weighted by atomic mass is 16.5. The second kappa shape index (κ2) is 10.0. The lowest BCUT2D eigenvalue weighted by Gasteiger charge is -2.30. The van der Waals surface area contributed by atoms with E-state index in [0.717, 1.165) is 60.1 Å². The van der Waals surface area contributed by atoms with Crippen LogP contribution in [-0.2, 0) is 6.42 Å². The van der Waals surface area contributed by atoms with Gasteiger partial charge in [-0.2, -0.15) is 0 Å². The van der Waals surface area contributed by atoms with E-state index >= 15 is 0 Å². The number of nitrogens with one attached hydrogen (secondary N) is 1. The Morgan fingerprint density at radius 3 is 2.27 bits per heavy atom. The summed E-state index contributed by atoms with van der Waals surface area (Å²) in [5, 5.41) is 3.65. The van der Waals surface area contributed by atoms with Crippen LogP contribution in [0.3, 0.4) is 0 Å². The number of hydrogen-bond acceptors (Lipinski definition) is 6. The van der Waals surface area contributed by atoms with E-state index in [1.807, 2.05) is 13.0 Å². The molecule has 0 amide bonds. The number of hydrogen-bond donors (Lipinski definition) is 1. The highest BCUT2D eigenvalue weighted by Gasteiger charge is 2.27. The molecule has 1 unspecified atom stereocenters. The minimum atomic E-state index is -0.00627. The summed E-state index contributed by atoms with van der Waals surface area (Å²) in [6.07, 6.45) is 1.90. The molecule has 1 heterocycles. The SMILES string of the molecule is COc1cc(C2NCCc3cc(OC)c(OCCCN(C)C)cc32)c(OC)cc1C. The van der Waals surface area contributed by atoms with E-state index in [1.165, 1.54) is 11.1 Å². The van der Waals surface area contributed by atoms with Crippen LogP contribution in [0.5, 0.6) is 23.0 Å². The van der Waals surface area contributed by atoms with E-state index in [0.29, 0.717) is 6.61 Å². The minimum Gasteiger partial charge on any atom is -0.496 e. The van der Waals surface area contributed by atoms with Gasteiger partial charge in [0.05, 0.1) is 34.0 Å². The summed E-state index contributed by atoms with van der Waals surface area (Å²) in [7, 11) is 9.24. The number of nitrogens with zero attached hydrogens (tertiary/aromatic N) is 1. The third-order valence-electron chi connectivity index (χ3n) is 5.54. The molecule has 164 valence electrons. The Balaban J connectivity index is 1.97. The number of methoxy groups -OCH3 is 3. The summed E-state index contributed by atoms with van der Waals surface area (Å²) in [6, 6.07) is 8.33. The van der Waals surface area contributed by atoms with E-state index in [-0.39, 0.29) is 6.04 Å². The minimum absolute atomic E-state index is 0.00627. The summed E-state index contributed by atoms with van der Waals surface area (Å²) in [5.74, 6) is 3.27. The second-order valence-electron chi connectivity index (χ2n) is 7.91. The van der Waals surface area contributed by atoms with Gasteiger partial charge in [0.2, 0.25) is 0 Å². The molecule has 6 nitrogen and oxygen atoms in total. The van der Waals surface area contributed by atoms with Crippen molar-refractivity contribution in [3.63, 3.8) is 0 Å². The van der Waals surface area contributed by atoms with Gasteiger partial charge in [-0.25, -0.2) is 0 Å². The number of rotatable bonds is 9. The van der Waals surface area contributed by atoms with E-state index in [1.54, 1.807) is 21.3 Å². The first-order valence-electron chi connectivity index (χ1n) is 10.4. The van der Waals surface area contributed by atoms with Crippen molar-refractivity contribution in [2.24, 2.45) is 0 Å². The maximum atomic E-state index is 6.11. The van der Waals surface area contributed by atoms with Gasteiger partial charge >= 0.3 is 0 Å². The standard InChI is InChI=1S/C24H34N2O4/c1-16-12-21(28-5)19(15-20(16)27-4)24-18-14-23(30-11-7-10-26(2)3)22(29-6)13-17(18)8-9-25-24/h12-15,24-25H,7-11H2,1-6H3. The summed E-state index contributed by atoms with van der Waals surface area (Å²) in [4.78, 5) is 2.16. The maximum absolute atomic E-state index is 6.11. The summed E-state index contributed by atoms with van der Waals surface area (Å²) in [5.41, 5.74) is 4.56. The monoisotopic (exact) mass is 414 g/mol. The van der Waals surface area contributed by atoms with E-state index in [4.69, 9.17) is 18.9 Å². The number of fused-ring (bicyclic) bond motifs is 1. The Morgan fingerprint density at radius 2 is 1.60 bits per heavy atom. The van der Waals surface area contributed by atoms with Crippen molar-refractivity contribution < 1.29 is 18.9 Å². The van der Waals surface area contributed by atoms with Crippen molar-refractivity contribution in [2.45, 2.75) is 25.8 Å². The fourth-order valence-electron chi connectivity index (χ4n) is 3.98. The molecule has 1 atom stereocenters. The molecule has 2 aromatic carbocycles. The zero-order valence-corrected chi connectivity index (χ0v) is 19.0. The van der Waals surface area contributed by atoms with Gasteiger partial charge in [-0.1, -0.05) is 0 Å². The van der Waals surface area contributed by atoms with Crippen molar-refractivity contribution in [1.82, 2.24) is 10.2 Å². The van der Waals surface area contributed by atoms with Gasteiger partial charge in [0.25, 0.3) is 0 Å². The van der Waals surface area contributed by atoms with Crippen LogP contribution in [0.2, 0.25) is 0 Å². The molecular weight excluding hydrogens is 380 g/mol. The van der Waals surface area contributed by atoms with Gasteiger partial charge in [-0.3, -0.25) is 0 Å². The topological polar surface area (TPSA) is 52.2 Å². The van der Waals surface area contributed by atoms with E-state index in [2.05, 4.69) is 42.5 Å². The maximum Gasteiger partial charge on any atom is 0.161 e. The molecule has 0 aliphatic carbocycles. The molecule has 1 N–H and O–H groups in total. The quantitative estimate of drug-likeness (QED) is 0.633. The molecule has 0 saturated carbocycles. The average Bonchev–Trinajstić information content (AvgIpc) is 2.75. The summed E-state index contributed by atoms with van der Waals surface area (Å²) < 4.78 is 23.0. The van der Waals surface area contributed by atoms with Crippen LogP contribution in [0.25, 0.3) is 0 Å². The van der Waals surface area contributed by atoms with Gasteiger partial charge < -0.3 is 29.2 Å². The van der Waals surface area contributed by atoms with Crippen LogP contribution in [0.4, 0.5) is 0 Å². The molecule has 0 bridgehead atoms. The van der Waals surface area contributed by atoms with Gasteiger partial charge in [0.15, 0.2) is 11.5 Å². The molecule has 30 heavy (non-hydrogen) atoms. The Kier molecular flexibility index (Phi) is 7.45. The Bertz CT molecular complexity index is 867. The third-order valence-corrected chi connectivity index (χ3v) is 5.54. The molecule has 0 radical (unpaired) electrons. The van der Waals surface area contributed by atoms with Crippen LogP contribution in [0.15, 0.2) is 24.3 Å². The molecule has 3 rings (SSSR count). The normalized spacial score (nSPS) is 15.6.